The van der Waals surface area contributed by atoms with Crippen molar-refractivity contribution in [3.8, 4) is 0 Å². The van der Waals surface area contributed by atoms with Gasteiger partial charge in [0.1, 0.15) is 0 Å². The van der Waals surface area contributed by atoms with Gasteiger partial charge in [0.25, 0.3) is 0 Å². The summed E-state index contributed by atoms with van der Waals surface area (Å²) in [7, 11) is 0. The van der Waals surface area contributed by atoms with Crippen molar-refractivity contribution in [1.82, 2.24) is 0 Å². The minimum absolute atomic E-state index is 0.473. The maximum atomic E-state index is 5.99. The Morgan fingerprint density at radius 2 is 2.18 bits per heavy atom. The Morgan fingerprint density at radius 1 is 1.55 bits per heavy atom. The smallest absolute Gasteiger partial charge is 0.0491 e. The highest BCUT2D eigenvalue weighted by Gasteiger charge is 2.04. The quantitative estimate of drug-likeness (QED) is 0.794. The van der Waals surface area contributed by atoms with E-state index in [-0.39, 0.29) is 0 Å². The van der Waals surface area contributed by atoms with Crippen LogP contribution in [0.3, 0.4) is 0 Å². The molecule has 0 saturated heterocycles. The second kappa shape index (κ2) is 3.57. The van der Waals surface area contributed by atoms with Crippen molar-refractivity contribution in [2.75, 3.05) is 0 Å². The Balaban J connectivity index is 3.29. The molecular weight excluding hydrogens is 225 g/mol. The molecule has 0 amide bonds. The fourth-order valence-corrected chi connectivity index (χ4v) is 1.75. The van der Waals surface area contributed by atoms with Crippen molar-refractivity contribution in [1.29, 1.82) is 0 Å². The van der Waals surface area contributed by atoms with Crippen molar-refractivity contribution < 1.29 is 0 Å². The van der Waals surface area contributed by atoms with Gasteiger partial charge in [-0.05, 0) is 24.1 Å². The SMILES string of the molecule is Cc1ccc(Br)c(CN)c1Cl. The molecule has 1 nitrogen and oxygen atoms in total. The number of benzene rings is 1. The van der Waals surface area contributed by atoms with E-state index in [0.717, 1.165) is 20.6 Å². The van der Waals surface area contributed by atoms with E-state index in [0.29, 0.717) is 6.54 Å². The Kier molecular flexibility index (Phi) is 2.93. The topological polar surface area (TPSA) is 26.0 Å². The van der Waals surface area contributed by atoms with Gasteiger partial charge in [0.15, 0.2) is 0 Å². The van der Waals surface area contributed by atoms with Crippen molar-refractivity contribution in [2.45, 2.75) is 13.5 Å². The van der Waals surface area contributed by atoms with Gasteiger partial charge in [0.2, 0.25) is 0 Å². The third kappa shape index (κ3) is 1.75. The van der Waals surface area contributed by atoms with Crippen LogP contribution in [0.4, 0.5) is 0 Å². The fraction of sp³-hybridized carbons (Fsp3) is 0.250. The second-order valence-electron chi connectivity index (χ2n) is 2.36. The summed E-state index contributed by atoms with van der Waals surface area (Å²) in [5, 5.41) is 0.766. The summed E-state index contributed by atoms with van der Waals surface area (Å²) in [4.78, 5) is 0. The standard InChI is InChI=1S/C8H9BrClN/c1-5-2-3-7(9)6(4-11)8(5)10/h2-3H,4,11H2,1H3. The molecule has 0 saturated carbocycles. The summed E-state index contributed by atoms with van der Waals surface area (Å²) < 4.78 is 0.982. The van der Waals surface area contributed by atoms with Crippen LogP contribution in [0.1, 0.15) is 11.1 Å². The molecule has 0 unspecified atom stereocenters. The van der Waals surface area contributed by atoms with Crippen LogP contribution in [0.2, 0.25) is 5.02 Å². The molecule has 0 bridgehead atoms. The lowest BCUT2D eigenvalue weighted by atomic mass is 10.1. The summed E-state index contributed by atoms with van der Waals surface area (Å²) in [6, 6.07) is 3.93. The zero-order valence-electron chi connectivity index (χ0n) is 6.20. The zero-order chi connectivity index (χ0) is 8.43. The van der Waals surface area contributed by atoms with Gasteiger partial charge in [-0.25, -0.2) is 0 Å². The number of aryl methyl sites for hydroxylation is 1. The van der Waals surface area contributed by atoms with Gasteiger partial charge in [0, 0.05) is 16.0 Å². The monoisotopic (exact) mass is 233 g/mol. The average molecular weight is 235 g/mol. The molecule has 1 aromatic carbocycles. The first-order valence-corrected chi connectivity index (χ1v) is 4.47. The van der Waals surface area contributed by atoms with Crippen LogP contribution in [0, 0.1) is 6.92 Å². The molecule has 0 radical (unpaired) electrons. The number of rotatable bonds is 1. The summed E-state index contributed by atoms with van der Waals surface area (Å²) in [6.07, 6.45) is 0. The van der Waals surface area contributed by atoms with Crippen LogP contribution >= 0.6 is 27.5 Å². The van der Waals surface area contributed by atoms with E-state index in [1.54, 1.807) is 0 Å². The van der Waals surface area contributed by atoms with E-state index >= 15 is 0 Å². The van der Waals surface area contributed by atoms with Gasteiger partial charge < -0.3 is 5.73 Å². The highest BCUT2D eigenvalue weighted by atomic mass is 79.9. The summed E-state index contributed by atoms with van der Waals surface area (Å²) >= 11 is 9.37. The van der Waals surface area contributed by atoms with Crippen molar-refractivity contribution in [3.05, 3.63) is 32.8 Å². The van der Waals surface area contributed by atoms with Crippen LogP contribution in [0.15, 0.2) is 16.6 Å². The molecule has 0 aromatic heterocycles. The van der Waals surface area contributed by atoms with Crippen LogP contribution in [0.5, 0.6) is 0 Å². The molecule has 0 aliphatic carbocycles. The lowest BCUT2D eigenvalue weighted by Gasteiger charge is -2.05. The van der Waals surface area contributed by atoms with Crippen LogP contribution < -0.4 is 5.73 Å². The van der Waals surface area contributed by atoms with Gasteiger partial charge >= 0.3 is 0 Å². The van der Waals surface area contributed by atoms with E-state index in [1.165, 1.54) is 0 Å². The Hall–Kier alpha value is -0.0500. The van der Waals surface area contributed by atoms with Gasteiger partial charge in [0.05, 0.1) is 0 Å². The first-order chi connectivity index (χ1) is 5.16. The van der Waals surface area contributed by atoms with Crippen molar-refractivity contribution >= 4 is 27.5 Å². The first-order valence-electron chi connectivity index (χ1n) is 3.30. The van der Waals surface area contributed by atoms with Gasteiger partial charge in [-0.15, -0.1) is 0 Å². The van der Waals surface area contributed by atoms with E-state index in [2.05, 4.69) is 15.9 Å². The van der Waals surface area contributed by atoms with Crippen LogP contribution in [0.25, 0.3) is 0 Å². The van der Waals surface area contributed by atoms with Crippen LogP contribution in [-0.4, -0.2) is 0 Å². The Bertz CT molecular complexity index is 273. The molecule has 3 heteroatoms. The molecule has 0 aliphatic rings. The fourth-order valence-electron chi connectivity index (χ4n) is 0.902. The molecule has 0 fully saturated rings. The minimum atomic E-state index is 0.473. The Morgan fingerprint density at radius 3 is 2.64 bits per heavy atom. The summed E-state index contributed by atoms with van der Waals surface area (Å²) in [5.41, 5.74) is 7.55. The maximum absolute atomic E-state index is 5.99. The second-order valence-corrected chi connectivity index (χ2v) is 3.59. The average Bonchev–Trinajstić information content (AvgIpc) is 1.99. The van der Waals surface area contributed by atoms with E-state index in [9.17, 15) is 0 Å². The van der Waals surface area contributed by atoms with E-state index in [4.69, 9.17) is 17.3 Å². The van der Waals surface area contributed by atoms with E-state index < -0.39 is 0 Å². The molecular formula is C8H9BrClN. The summed E-state index contributed by atoms with van der Waals surface area (Å²) in [5.74, 6) is 0. The molecule has 0 atom stereocenters. The molecule has 60 valence electrons. The molecule has 2 N–H and O–H groups in total. The normalized spacial score (nSPS) is 10.2. The maximum Gasteiger partial charge on any atom is 0.0491 e. The highest BCUT2D eigenvalue weighted by molar-refractivity contribution is 9.10. The van der Waals surface area contributed by atoms with Gasteiger partial charge in [-0.3, -0.25) is 0 Å². The number of halogens is 2. The lowest BCUT2D eigenvalue weighted by Crippen LogP contribution is -1.99. The predicted octanol–water partition coefficient (Wildman–Crippen LogP) is 2.87. The number of hydrogen-bond acceptors (Lipinski definition) is 1. The zero-order valence-corrected chi connectivity index (χ0v) is 8.54. The molecule has 0 heterocycles. The molecule has 1 aromatic rings. The van der Waals surface area contributed by atoms with Crippen molar-refractivity contribution in [2.24, 2.45) is 5.73 Å². The predicted molar refractivity (Wildman–Crippen MR) is 51.8 cm³/mol. The highest BCUT2D eigenvalue weighted by Crippen LogP contribution is 2.27. The first kappa shape index (κ1) is 9.04. The molecule has 11 heavy (non-hydrogen) atoms. The third-order valence-corrected chi connectivity index (χ3v) is 2.85. The molecule has 1 rings (SSSR count). The number of hydrogen-bond donors (Lipinski definition) is 1. The Labute approximate surface area is 79.7 Å². The third-order valence-electron chi connectivity index (χ3n) is 1.58. The van der Waals surface area contributed by atoms with Crippen molar-refractivity contribution in [3.63, 3.8) is 0 Å². The molecule has 0 spiro atoms. The summed E-state index contributed by atoms with van der Waals surface area (Å²) in [6.45, 7) is 2.44. The molecule has 0 aliphatic heterocycles. The minimum Gasteiger partial charge on any atom is -0.326 e. The van der Waals surface area contributed by atoms with E-state index in [1.807, 2.05) is 19.1 Å². The van der Waals surface area contributed by atoms with Gasteiger partial charge in [-0.2, -0.15) is 0 Å². The number of nitrogens with two attached hydrogens (primary N) is 1. The lowest BCUT2D eigenvalue weighted by molar-refractivity contribution is 1.06. The van der Waals surface area contributed by atoms with Crippen LogP contribution in [-0.2, 0) is 6.54 Å². The van der Waals surface area contributed by atoms with Gasteiger partial charge in [-0.1, -0.05) is 33.6 Å². The largest absolute Gasteiger partial charge is 0.326 e.